The number of nitrogens with zero attached hydrogens (tertiary/aromatic N) is 1. The van der Waals surface area contributed by atoms with E-state index in [1.165, 1.54) is 5.56 Å². The molecule has 5 nitrogen and oxygen atoms in total. The Kier molecular flexibility index (Phi) is 5.67. The Morgan fingerprint density at radius 1 is 1.27 bits per heavy atom. The smallest absolute Gasteiger partial charge is 0.261 e. The predicted molar refractivity (Wildman–Crippen MR) is 103 cm³/mol. The lowest BCUT2D eigenvalue weighted by Gasteiger charge is -2.28. The molecule has 0 unspecified atom stereocenters. The number of aryl methyl sites for hydroxylation is 2. The summed E-state index contributed by atoms with van der Waals surface area (Å²) in [6.45, 7) is 4.35. The molecule has 1 aromatic carbocycles. The molecule has 1 saturated heterocycles. The lowest BCUT2D eigenvalue weighted by atomic mass is 10.1. The predicted octanol–water partition coefficient (Wildman–Crippen LogP) is 2.96. The van der Waals surface area contributed by atoms with Crippen molar-refractivity contribution in [1.29, 1.82) is 0 Å². The topological polar surface area (TPSA) is 63.7 Å². The quantitative estimate of drug-likeness (QED) is 0.757. The highest BCUT2D eigenvalue weighted by atomic mass is 32.2. The average molecular weight is 394 g/mol. The van der Waals surface area contributed by atoms with Crippen LogP contribution in [0.3, 0.4) is 0 Å². The molecule has 26 heavy (non-hydrogen) atoms. The minimum absolute atomic E-state index is 0.0355. The lowest BCUT2D eigenvalue weighted by Crippen LogP contribution is -2.42. The number of hydrogen-bond donors (Lipinski definition) is 0. The van der Waals surface area contributed by atoms with E-state index in [-0.39, 0.29) is 30.1 Å². The molecule has 7 heteroatoms. The number of carbonyl (C=O) groups is 1. The van der Waals surface area contributed by atoms with Crippen molar-refractivity contribution in [2.45, 2.75) is 32.9 Å². The van der Waals surface area contributed by atoms with Crippen molar-refractivity contribution in [1.82, 2.24) is 4.90 Å². The van der Waals surface area contributed by atoms with Gasteiger partial charge in [-0.05, 0) is 55.0 Å². The third kappa shape index (κ3) is 4.65. The number of carbonyl (C=O) groups excluding carboxylic acids is 1. The van der Waals surface area contributed by atoms with E-state index in [2.05, 4.69) is 0 Å². The van der Waals surface area contributed by atoms with Crippen molar-refractivity contribution < 1.29 is 17.9 Å². The fraction of sp³-hybridized carbons (Fsp3) is 0.421. The molecular formula is C19H23NO4S2. The van der Waals surface area contributed by atoms with Crippen LogP contribution in [0, 0.1) is 13.8 Å². The van der Waals surface area contributed by atoms with Gasteiger partial charge in [0.25, 0.3) is 5.91 Å². The number of amides is 1. The van der Waals surface area contributed by atoms with Crippen molar-refractivity contribution in [3.8, 4) is 5.75 Å². The highest BCUT2D eigenvalue weighted by molar-refractivity contribution is 7.91. The Balaban J connectivity index is 1.70. The maximum Gasteiger partial charge on any atom is 0.261 e. The Bertz CT molecular complexity index is 875. The molecule has 1 amide bonds. The Morgan fingerprint density at radius 3 is 2.69 bits per heavy atom. The molecule has 140 valence electrons. The first-order valence-corrected chi connectivity index (χ1v) is 11.3. The van der Waals surface area contributed by atoms with Crippen LogP contribution >= 0.6 is 11.3 Å². The average Bonchev–Trinajstić information content (AvgIpc) is 3.22. The number of sulfone groups is 1. The first-order valence-electron chi connectivity index (χ1n) is 8.56. The van der Waals surface area contributed by atoms with E-state index in [0.717, 1.165) is 10.4 Å². The van der Waals surface area contributed by atoms with Crippen LogP contribution in [-0.2, 0) is 21.2 Å². The molecule has 0 spiro atoms. The van der Waals surface area contributed by atoms with E-state index >= 15 is 0 Å². The van der Waals surface area contributed by atoms with E-state index in [1.54, 1.807) is 16.2 Å². The van der Waals surface area contributed by atoms with Gasteiger partial charge in [-0.1, -0.05) is 12.1 Å². The summed E-state index contributed by atoms with van der Waals surface area (Å²) in [5, 5.41) is 1.95. The molecule has 1 aliphatic heterocycles. The zero-order valence-electron chi connectivity index (χ0n) is 15.0. The summed E-state index contributed by atoms with van der Waals surface area (Å²) in [6, 6.07) is 9.32. The molecule has 1 atom stereocenters. The molecule has 1 aromatic heterocycles. The maximum absolute atomic E-state index is 12.8. The van der Waals surface area contributed by atoms with Crippen molar-refractivity contribution >= 4 is 27.1 Å². The number of hydrogen-bond acceptors (Lipinski definition) is 5. The van der Waals surface area contributed by atoms with E-state index in [4.69, 9.17) is 4.74 Å². The van der Waals surface area contributed by atoms with Crippen LogP contribution in [0.2, 0.25) is 0 Å². The third-order valence-electron chi connectivity index (χ3n) is 4.72. The molecule has 0 bridgehead atoms. The van der Waals surface area contributed by atoms with Crippen molar-refractivity contribution in [3.63, 3.8) is 0 Å². The summed E-state index contributed by atoms with van der Waals surface area (Å²) >= 11 is 1.56. The van der Waals surface area contributed by atoms with Crippen LogP contribution in [0.25, 0.3) is 0 Å². The number of thiophene rings is 1. The van der Waals surface area contributed by atoms with Gasteiger partial charge in [0.15, 0.2) is 16.4 Å². The van der Waals surface area contributed by atoms with Crippen molar-refractivity contribution in [2.24, 2.45) is 0 Å². The second-order valence-electron chi connectivity index (χ2n) is 6.69. The molecule has 0 N–H and O–H groups in total. The van der Waals surface area contributed by atoms with Gasteiger partial charge in [0.05, 0.1) is 18.1 Å². The molecule has 3 rings (SSSR count). The largest absolute Gasteiger partial charge is 0.484 e. The van der Waals surface area contributed by atoms with Crippen molar-refractivity contribution in [2.75, 3.05) is 18.1 Å². The van der Waals surface area contributed by atoms with Gasteiger partial charge in [-0.25, -0.2) is 8.42 Å². The Hall–Kier alpha value is -1.86. The van der Waals surface area contributed by atoms with Gasteiger partial charge in [0, 0.05) is 10.9 Å². The van der Waals surface area contributed by atoms with Crippen LogP contribution < -0.4 is 4.74 Å². The normalized spacial score (nSPS) is 18.6. The molecule has 0 radical (unpaired) electrons. The minimum atomic E-state index is -3.06. The van der Waals surface area contributed by atoms with Gasteiger partial charge in [-0.15, -0.1) is 11.3 Å². The molecular weight excluding hydrogens is 370 g/mol. The van der Waals surface area contributed by atoms with E-state index < -0.39 is 9.84 Å². The lowest BCUT2D eigenvalue weighted by molar-refractivity contribution is -0.135. The summed E-state index contributed by atoms with van der Waals surface area (Å²) in [4.78, 5) is 15.5. The van der Waals surface area contributed by atoms with E-state index in [1.807, 2.05) is 49.6 Å². The number of benzene rings is 1. The number of rotatable bonds is 6. The highest BCUT2D eigenvalue weighted by Crippen LogP contribution is 2.23. The number of ether oxygens (including phenoxy) is 1. The summed E-state index contributed by atoms with van der Waals surface area (Å²) < 4.78 is 29.4. The Morgan fingerprint density at radius 2 is 2.08 bits per heavy atom. The van der Waals surface area contributed by atoms with Gasteiger partial charge >= 0.3 is 0 Å². The van der Waals surface area contributed by atoms with Gasteiger partial charge in [-0.3, -0.25) is 4.79 Å². The summed E-state index contributed by atoms with van der Waals surface area (Å²) in [5.74, 6) is 0.646. The molecule has 2 aromatic rings. The van der Waals surface area contributed by atoms with Crippen molar-refractivity contribution in [3.05, 3.63) is 51.7 Å². The second-order valence-corrected chi connectivity index (χ2v) is 9.95. The summed E-state index contributed by atoms with van der Waals surface area (Å²) in [5.41, 5.74) is 2.27. The molecule has 0 aliphatic carbocycles. The fourth-order valence-electron chi connectivity index (χ4n) is 3.04. The standard InChI is InChI=1S/C19H23NO4S2/c1-14-5-6-17(10-15(14)2)24-12-19(21)20(11-18-4-3-8-25-18)16-7-9-26(22,23)13-16/h3-6,8,10,16H,7,9,11-13H2,1-2H3/t16-/m0/s1. The third-order valence-corrected chi connectivity index (χ3v) is 7.33. The molecule has 2 heterocycles. The first-order chi connectivity index (χ1) is 12.3. The zero-order valence-corrected chi connectivity index (χ0v) is 16.6. The maximum atomic E-state index is 12.8. The first kappa shape index (κ1) is 18.9. The minimum Gasteiger partial charge on any atom is -0.484 e. The molecule has 1 fully saturated rings. The Labute approximate surface area is 158 Å². The summed E-state index contributed by atoms with van der Waals surface area (Å²) in [7, 11) is -3.06. The monoisotopic (exact) mass is 393 g/mol. The van der Waals surface area contributed by atoms with Gasteiger partial charge in [0.1, 0.15) is 5.75 Å². The van der Waals surface area contributed by atoms with Gasteiger partial charge < -0.3 is 9.64 Å². The highest BCUT2D eigenvalue weighted by Gasteiger charge is 2.34. The molecule has 0 saturated carbocycles. The van der Waals surface area contributed by atoms with Crippen LogP contribution in [-0.4, -0.2) is 43.4 Å². The van der Waals surface area contributed by atoms with E-state index in [9.17, 15) is 13.2 Å². The van der Waals surface area contributed by atoms with Gasteiger partial charge in [0.2, 0.25) is 0 Å². The van der Waals surface area contributed by atoms with Crippen LogP contribution in [0.4, 0.5) is 0 Å². The van der Waals surface area contributed by atoms with Gasteiger partial charge in [-0.2, -0.15) is 0 Å². The fourth-order valence-corrected chi connectivity index (χ4v) is 5.48. The molecule has 1 aliphatic rings. The van der Waals surface area contributed by atoms with Crippen LogP contribution in [0.1, 0.15) is 22.4 Å². The SMILES string of the molecule is Cc1ccc(OCC(=O)N(Cc2cccs2)[C@H]2CCS(=O)(=O)C2)cc1C. The van der Waals surface area contributed by atoms with Crippen LogP contribution in [0.15, 0.2) is 35.7 Å². The summed E-state index contributed by atoms with van der Waals surface area (Å²) in [6.07, 6.45) is 0.489. The second kappa shape index (κ2) is 7.80. The zero-order chi connectivity index (χ0) is 18.7. The van der Waals surface area contributed by atoms with E-state index in [0.29, 0.717) is 18.7 Å². The van der Waals surface area contributed by atoms with Crippen LogP contribution in [0.5, 0.6) is 5.75 Å².